The molecule has 1 aromatic rings. The van der Waals surface area contributed by atoms with Crippen LogP contribution in [0.1, 0.15) is 24.8 Å². The number of halogens is 2. The van der Waals surface area contributed by atoms with E-state index in [0.717, 1.165) is 33.9 Å². The molecule has 2 saturated carbocycles. The molecule has 18 heavy (non-hydrogen) atoms. The lowest BCUT2D eigenvalue weighted by Gasteiger charge is -2.24. The molecular formula is C14H18Cl2N2. The van der Waals surface area contributed by atoms with Gasteiger partial charge in [0.1, 0.15) is 0 Å². The molecule has 98 valence electrons. The largest absolute Gasteiger partial charge is 0.271 e. The minimum absolute atomic E-state index is 0.314. The number of fused-ring (bicyclic) bond motifs is 1. The molecule has 2 nitrogen and oxygen atoms in total. The second-order valence-electron chi connectivity index (χ2n) is 5.70. The molecule has 3 unspecified atom stereocenters. The maximum Gasteiger partial charge on any atom is 0.0439 e. The topological polar surface area (TPSA) is 38.0 Å². The number of hydrazine groups is 1. The van der Waals surface area contributed by atoms with E-state index in [1.165, 1.54) is 19.3 Å². The first-order valence-corrected chi connectivity index (χ1v) is 7.33. The minimum Gasteiger partial charge on any atom is -0.271 e. The predicted octanol–water partition coefficient (Wildman–Crippen LogP) is 3.41. The number of rotatable bonds is 4. The van der Waals surface area contributed by atoms with Crippen molar-refractivity contribution in [3.63, 3.8) is 0 Å². The molecule has 0 aromatic heterocycles. The Hall–Kier alpha value is -0.280. The molecule has 1 aromatic carbocycles. The van der Waals surface area contributed by atoms with Gasteiger partial charge in [0, 0.05) is 16.1 Å². The van der Waals surface area contributed by atoms with Gasteiger partial charge in [-0.3, -0.25) is 11.3 Å². The van der Waals surface area contributed by atoms with E-state index in [0.29, 0.717) is 12.0 Å². The number of hydrogen-bond donors (Lipinski definition) is 2. The molecule has 2 aliphatic carbocycles. The highest BCUT2D eigenvalue weighted by Gasteiger charge is 2.47. The van der Waals surface area contributed by atoms with E-state index in [4.69, 9.17) is 29.0 Å². The highest BCUT2D eigenvalue weighted by atomic mass is 35.5. The smallest absolute Gasteiger partial charge is 0.0439 e. The lowest BCUT2D eigenvalue weighted by molar-refractivity contribution is 0.336. The van der Waals surface area contributed by atoms with E-state index in [1.54, 1.807) is 0 Å². The summed E-state index contributed by atoms with van der Waals surface area (Å²) in [4.78, 5) is 0. The SMILES string of the molecule is NNC(Cc1cc(Cl)ccc1Cl)C1CC2CC2C1. The van der Waals surface area contributed by atoms with Crippen molar-refractivity contribution in [2.24, 2.45) is 23.6 Å². The highest BCUT2D eigenvalue weighted by molar-refractivity contribution is 6.33. The zero-order valence-electron chi connectivity index (χ0n) is 10.2. The van der Waals surface area contributed by atoms with Crippen LogP contribution >= 0.6 is 23.2 Å². The zero-order valence-corrected chi connectivity index (χ0v) is 11.7. The third-order valence-corrected chi connectivity index (χ3v) is 5.11. The fraction of sp³-hybridized carbons (Fsp3) is 0.571. The van der Waals surface area contributed by atoms with Crippen molar-refractivity contribution < 1.29 is 0 Å². The molecule has 0 heterocycles. The Labute approximate surface area is 118 Å². The van der Waals surface area contributed by atoms with Crippen LogP contribution in [0.5, 0.6) is 0 Å². The summed E-state index contributed by atoms with van der Waals surface area (Å²) in [5, 5.41) is 1.52. The van der Waals surface area contributed by atoms with Gasteiger partial charge in [0.05, 0.1) is 0 Å². The Kier molecular flexibility index (Phi) is 3.55. The van der Waals surface area contributed by atoms with Crippen molar-refractivity contribution in [2.75, 3.05) is 0 Å². The lowest BCUT2D eigenvalue weighted by Crippen LogP contribution is -2.42. The van der Waals surface area contributed by atoms with Gasteiger partial charge in [-0.1, -0.05) is 23.2 Å². The first-order chi connectivity index (χ1) is 8.67. The van der Waals surface area contributed by atoms with E-state index in [2.05, 4.69) is 5.43 Å². The summed E-state index contributed by atoms with van der Waals surface area (Å²) in [6.07, 6.45) is 4.93. The second kappa shape index (κ2) is 5.01. The molecule has 0 saturated heterocycles. The Balaban J connectivity index is 1.70. The summed E-state index contributed by atoms with van der Waals surface area (Å²) >= 11 is 12.2. The van der Waals surface area contributed by atoms with Crippen LogP contribution in [0.4, 0.5) is 0 Å². The summed E-state index contributed by atoms with van der Waals surface area (Å²) in [7, 11) is 0. The number of benzene rings is 1. The predicted molar refractivity (Wildman–Crippen MR) is 75.6 cm³/mol. The average Bonchev–Trinajstić information content (AvgIpc) is 2.97. The highest BCUT2D eigenvalue weighted by Crippen LogP contribution is 2.55. The second-order valence-corrected chi connectivity index (χ2v) is 6.54. The van der Waals surface area contributed by atoms with E-state index >= 15 is 0 Å². The van der Waals surface area contributed by atoms with E-state index in [-0.39, 0.29) is 0 Å². The quantitative estimate of drug-likeness (QED) is 0.657. The minimum atomic E-state index is 0.314. The van der Waals surface area contributed by atoms with Gasteiger partial charge in [0.15, 0.2) is 0 Å². The van der Waals surface area contributed by atoms with Crippen molar-refractivity contribution in [2.45, 2.75) is 31.7 Å². The molecular weight excluding hydrogens is 267 g/mol. The summed E-state index contributed by atoms with van der Waals surface area (Å²) in [5.74, 6) is 8.36. The summed E-state index contributed by atoms with van der Waals surface area (Å²) in [6, 6.07) is 5.94. The van der Waals surface area contributed by atoms with E-state index in [1.807, 2.05) is 18.2 Å². The zero-order chi connectivity index (χ0) is 12.7. The lowest BCUT2D eigenvalue weighted by atomic mass is 9.90. The molecule has 3 atom stereocenters. The average molecular weight is 285 g/mol. The van der Waals surface area contributed by atoms with Crippen molar-refractivity contribution >= 4 is 23.2 Å². The Bertz CT molecular complexity index is 439. The number of nitrogens with two attached hydrogens (primary N) is 1. The third kappa shape index (κ3) is 2.53. The van der Waals surface area contributed by atoms with Gasteiger partial charge in [-0.2, -0.15) is 0 Å². The number of nitrogens with one attached hydrogen (secondary N) is 1. The van der Waals surface area contributed by atoms with Crippen molar-refractivity contribution in [1.82, 2.24) is 5.43 Å². The first kappa shape index (κ1) is 12.7. The van der Waals surface area contributed by atoms with Crippen LogP contribution in [0.25, 0.3) is 0 Å². The van der Waals surface area contributed by atoms with Crippen LogP contribution in [0, 0.1) is 17.8 Å². The van der Waals surface area contributed by atoms with Crippen LogP contribution in [-0.2, 0) is 6.42 Å². The molecule has 3 rings (SSSR count). The van der Waals surface area contributed by atoms with Crippen molar-refractivity contribution in [1.29, 1.82) is 0 Å². The normalized spacial score (nSPS) is 31.2. The van der Waals surface area contributed by atoms with Gasteiger partial charge in [0.25, 0.3) is 0 Å². The summed E-state index contributed by atoms with van der Waals surface area (Å²) in [5.41, 5.74) is 4.07. The number of hydrogen-bond acceptors (Lipinski definition) is 2. The van der Waals surface area contributed by atoms with Crippen molar-refractivity contribution in [3.05, 3.63) is 33.8 Å². The van der Waals surface area contributed by atoms with Gasteiger partial charge in [0.2, 0.25) is 0 Å². The molecule has 0 amide bonds. The van der Waals surface area contributed by atoms with Gasteiger partial charge >= 0.3 is 0 Å². The van der Waals surface area contributed by atoms with Crippen LogP contribution in [-0.4, -0.2) is 6.04 Å². The molecule has 0 aliphatic heterocycles. The molecule has 0 bridgehead atoms. The van der Waals surface area contributed by atoms with Crippen molar-refractivity contribution in [3.8, 4) is 0 Å². The van der Waals surface area contributed by atoms with E-state index < -0.39 is 0 Å². The molecule has 4 heteroatoms. The fourth-order valence-electron chi connectivity index (χ4n) is 3.39. The van der Waals surface area contributed by atoms with Crippen LogP contribution in [0.2, 0.25) is 10.0 Å². The maximum atomic E-state index is 6.21. The monoisotopic (exact) mass is 284 g/mol. The van der Waals surface area contributed by atoms with Gasteiger partial charge in [-0.15, -0.1) is 0 Å². The van der Waals surface area contributed by atoms with Gasteiger partial charge in [-0.25, -0.2) is 0 Å². The Morgan fingerprint density at radius 3 is 2.61 bits per heavy atom. The molecule has 2 aliphatic rings. The van der Waals surface area contributed by atoms with Gasteiger partial charge < -0.3 is 0 Å². The van der Waals surface area contributed by atoms with Gasteiger partial charge in [-0.05, 0) is 67.2 Å². The Morgan fingerprint density at radius 1 is 1.22 bits per heavy atom. The molecule has 2 fully saturated rings. The maximum absolute atomic E-state index is 6.21. The van der Waals surface area contributed by atoms with Crippen LogP contribution < -0.4 is 11.3 Å². The fourth-order valence-corrected chi connectivity index (χ4v) is 3.78. The van der Waals surface area contributed by atoms with E-state index in [9.17, 15) is 0 Å². The summed E-state index contributed by atoms with van der Waals surface area (Å²) < 4.78 is 0. The molecule has 3 N–H and O–H groups in total. The standard InChI is InChI=1S/C14H18Cl2N2/c15-12-1-2-13(16)10(6-12)7-14(18-17)11-4-8-3-9(8)5-11/h1-2,6,8-9,11,14,18H,3-5,7,17H2. The molecule has 0 radical (unpaired) electrons. The van der Waals surface area contributed by atoms with Crippen LogP contribution in [0.15, 0.2) is 18.2 Å². The Morgan fingerprint density at radius 2 is 1.94 bits per heavy atom. The third-order valence-electron chi connectivity index (χ3n) is 4.51. The first-order valence-electron chi connectivity index (χ1n) is 6.57. The molecule has 0 spiro atoms. The van der Waals surface area contributed by atoms with Crippen LogP contribution in [0.3, 0.4) is 0 Å². The summed E-state index contributed by atoms with van der Waals surface area (Å²) in [6.45, 7) is 0.